The van der Waals surface area contributed by atoms with Gasteiger partial charge in [0.05, 0.1) is 0 Å². The molecule has 0 amide bonds. The first-order chi connectivity index (χ1) is 14.5. The van der Waals surface area contributed by atoms with E-state index in [1.54, 1.807) is 12.1 Å². The lowest BCUT2D eigenvalue weighted by Crippen LogP contribution is -2.07. The van der Waals surface area contributed by atoms with Gasteiger partial charge in [0.2, 0.25) is 0 Å². The monoisotopic (exact) mass is 472 g/mol. The fourth-order valence-electron chi connectivity index (χ4n) is 3.05. The van der Waals surface area contributed by atoms with Crippen LogP contribution in [0.5, 0.6) is 11.5 Å². The van der Waals surface area contributed by atoms with Gasteiger partial charge in [-0.1, -0.05) is 6.07 Å². The van der Waals surface area contributed by atoms with Crippen molar-refractivity contribution in [3.05, 3.63) is 52.6 Å². The SMILES string of the molecule is COCOc1ccc(Cc2c(C)cc(OCP(=O)(OC)OC)cc2C)cc1S(C)(=O)=O. The third-order valence-corrected chi connectivity index (χ3v) is 7.41. The van der Waals surface area contributed by atoms with E-state index in [4.69, 9.17) is 23.3 Å². The highest BCUT2D eigenvalue weighted by atomic mass is 32.2. The smallest absolute Gasteiger partial charge is 0.367 e. The molecule has 0 radical (unpaired) electrons. The number of ether oxygens (including phenoxy) is 3. The normalized spacial score (nSPS) is 12.1. The number of hydrogen-bond donors (Lipinski definition) is 0. The van der Waals surface area contributed by atoms with Crippen LogP contribution in [0.15, 0.2) is 35.2 Å². The highest BCUT2D eigenvalue weighted by molar-refractivity contribution is 7.90. The second kappa shape index (κ2) is 10.6. The van der Waals surface area contributed by atoms with Gasteiger partial charge in [0.1, 0.15) is 16.4 Å². The van der Waals surface area contributed by atoms with Crippen LogP contribution in [-0.4, -0.2) is 49.1 Å². The van der Waals surface area contributed by atoms with E-state index in [0.717, 1.165) is 28.5 Å². The van der Waals surface area contributed by atoms with Crippen LogP contribution in [0.4, 0.5) is 0 Å². The molecule has 8 nitrogen and oxygen atoms in total. The van der Waals surface area contributed by atoms with Crippen LogP contribution in [0.2, 0.25) is 0 Å². The molecule has 0 atom stereocenters. The average molecular weight is 472 g/mol. The summed E-state index contributed by atoms with van der Waals surface area (Å²) < 4.78 is 62.3. The molecule has 10 heteroatoms. The Balaban J connectivity index is 2.29. The Morgan fingerprint density at radius 3 is 2.06 bits per heavy atom. The number of methoxy groups -OCH3 is 1. The van der Waals surface area contributed by atoms with Crippen molar-refractivity contribution in [3.8, 4) is 11.5 Å². The van der Waals surface area contributed by atoms with Crippen molar-refractivity contribution in [2.24, 2.45) is 0 Å². The molecule has 0 spiro atoms. The Bertz CT molecular complexity index is 1030. The molecule has 0 saturated heterocycles. The lowest BCUT2D eigenvalue weighted by Gasteiger charge is -2.17. The fourth-order valence-corrected chi connectivity index (χ4v) is 4.57. The molecule has 0 saturated carbocycles. The van der Waals surface area contributed by atoms with E-state index in [-0.39, 0.29) is 23.8 Å². The van der Waals surface area contributed by atoms with Crippen molar-refractivity contribution in [1.82, 2.24) is 0 Å². The Kier molecular flexibility index (Phi) is 8.68. The summed E-state index contributed by atoms with van der Waals surface area (Å²) in [6, 6.07) is 8.77. The lowest BCUT2D eigenvalue weighted by molar-refractivity contribution is 0.0490. The van der Waals surface area contributed by atoms with E-state index in [0.29, 0.717) is 12.2 Å². The maximum absolute atomic E-state index is 12.2. The molecule has 0 bridgehead atoms. The summed E-state index contributed by atoms with van der Waals surface area (Å²) in [5.74, 6) is 0.805. The molecular formula is C21H29O8PS. The summed E-state index contributed by atoms with van der Waals surface area (Å²) in [5, 5.41) is 0. The van der Waals surface area contributed by atoms with Crippen LogP contribution >= 0.6 is 7.60 Å². The van der Waals surface area contributed by atoms with Gasteiger partial charge in [-0.05, 0) is 66.8 Å². The minimum atomic E-state index is -3.48. The van der Waals surface area contributed by atoms with Crippen LogP contribution in [-0.2, 0) is 34.6 Å². The summed E-state index contributed by atoms with van der Waals surface area (Å²) in [4.78, 5) is 0.118. The second-order valence-electron chi connectivity index (χ2n) is 7.07. The van der Waals surface area contributed by atoms with Gasteiger partial charge in [0.15, 0.2) is 23.0 Å². The van der Waals surface area contributed by atoms with Crippen LogP contribution in [0, 0.1) is 13.8 Å². The Labute approximate surface area is 183 Å². The number of sulfone groups is 1. The van der Waals surface area contributed by atoms with Crippen LogP contribution in [0.25, 0.3) is 0 Å². The molecule has 172 valence electrons. The molecule has 0 fully saturated rings. The molecule has 31 heavy (non-hydrogen) atoms. The average Bonchev–Trinajstić information content (AvgIpc) is 2.72. The lowest BCUT2D eigenvalue weighted by atomic mass is 9.96. The van der Waals surface area contributed by atoms with Gasteiger partial charge in [-0.15, -0.1) is 0 Å². The fraction of sp³-hybridized carbons (Fsp3) is 0.429. The number of benzene rings is 2. The predicted molar refractivity (Wildman–Crippen MR) is 118 cm³/mol. The molecular weight excluding hydrogens is 443 g/mol. The van der Waals surface area contributed by atoms with Crippen molar-refractivity contribution in [2.45, 2.75) is 25.2 Å². The zero-order valence-electron chi connectivity index (χ0n) is 18.6. The molecule has 0 aliphatic rings. The molecule has 0 aromatic heterocycles. The summed E-state index contributed by atoms with van der Waals surface area (Å²) in [5.41, 5.74) is 3.79. The van der Waals surface area contributed by atoms with E-state index in [1.165, 1.54) is 21.3 Å². The maximum Gasteiger partial charge on any atom is 0.367 e. The molecule has 0 N–H and O–H groups in total. The van der Waals surface area contributed by atoms with Gasteiger partial charge in [0, 0.05) is 27.6 Å². The van der Waals surface area contributed by atoms with Crippen molar-refractivity contribution in [1.29, 1.82) is 0 Å². The van der Waals surface area contributed by atoms with Crippen LogP contribution < -0.4 is 9.47 Å². The molecule has 2 rings (SSSR count). The predicted octanol–water partition coefficient (Wildman–Crippen LogP) is 4.10. The minimum Gasteiger partial charge on any atom is -0.481 e. The number of aryl methyl sites for hydroxylation is 2. The Hall–Kier alpha value is -1.90. The van der Waals surface area contributed by atoms with Gasteiger partial charge < -0.3 is 23.3 Å². The third kappa shape index (κ3) is 6.79. The molecule has 2 aromatic rings. The first kappa shape index (κ1) is 25.4. The van der Waals surface area contributed by atoms with E-state index in [9.17, 15) is 13.0 Å². The van der Waals surface area contributed by atoms with Crippen molar-refractivity contribution in [2.75, 3.05) is 40.7 Å². The Morgan fingerprint density at radius 2 is 1.55 bits per heavy atom. The minimum absolute atomic E-state index is 0.0411. The molecule has 0 heterocycles. The number of hydrogen-bond acceptors (Lipinski definition) is 8. The van der Waals surface area contributed by atoms with E-state index in [1.807, 2.05) is 32.0 Å². The summed E-state index contributed by atoms with van der Waals surface area (Å²) in [6.45, 7) is 3.84. The van der Waals surface area contributed by atoms with Gasteiger partial charge in [-0.2, -0.15) is 0 Å². The van der Waals surface area contributed by atoms with Crippen molar-refractivity contribution in [3.63, 3.8) is 0 Å². The first-order valence-electron chi connectivity index (χ1n) is 9.41. The van der Waals surface area contributed by atoms with Crippen LogP contribution in [0.3, 0.4) is 0 Å². The zero-order chi connectivity index (χ0) is 23.2. The zero-order valence-corrected chi connectivity index (χ0v) is 20.3. The van der Waals surface area contributed by atoms with E-state index >= 15 is 0 Å². The van der Waals surface area contributed by atoms with E-state index < -0.39 is 17.4 Å². The maximum atomic E-state index is 12.2. The second-order valence-corrected chi connectivity index (χ2v) is 11.3. The standard InChI is InChI=1S/C21H29O8PS/c1-15-9-18(29-14-30(22,26-4)27-5)10-16(2)19(15)11-17-7-8-20(28-13-25-3)21(12-17)31(6,23)24/h7-10,12H,11,13-14H2,1-6H3. The third-order valence-electron chi connectivity index (χ3n) is 4.74. The van der Waals surface area contributed by atoms with Crippen molar-refractivity contribution >= 4 is 17.4 Å². The van der Waals surface area contributed by atoms with Crippen LogP contribution in [0.1, 0.15) is 22.3 Å². The molecule has 0 aliphatic heterocycles. The highest BCUT2D eigenvalue weighted by Crippen LogP contribution is 2.46. The Morgan fingerprint density at radius 1 is 0.935 bits per heavy atom. The molecule has 2 aromatic carbocycles. The highest BCUT2D eigenvalue weighted by Gasteiger charge is 2.22. The number of rotatable bonds is 11. The van der Waals surface area contributed by atoms with Gasteiger partial charge in [-0.3, -0.25) is 4.57 Å². The summed E-state index contributed by atoms with van der Waals surface area (Å²) in [7, 11) is -2.67. The van der Waals surface area contributed by atoms with Gasteiger partial charge in [0.25, 0.3) is 0 Å². The van der Waals surface area contributed by atoms with E-state index in [2.05, 4.69) is 0 Å². The summed E-state index contributed by atoms with van der Waals surface area (Å²) >= 11 is 0. The quantitative estimate of drug-likeness (QED) is 0.356. The first-order valence-corrected chi connectivity index (χ1v) is 13.0. The molecule has 0 unspecified atom stereocenters. The topological polar surface area (TPSA) is 97.4 Å². The largest absolute Gasteiger partial charge is 0.481 e. The van der Waals surface area contributed by atoms with Gasteiger partial charge in [-0.25, -0.2) is 8.42 Å². The molecule has 0 aliphatic carbocycles. The summed E-state index contributed by atoms with van der Waals surface area (Å²) in [6.07, 6.45) is 1.48. The van der Waals surface area contributed by atoms with Gasteiger partial charge >= 0.3 is 7.60 Å². The van der Waals surface area contributed by atoms with Crippen molar-refractivity contribution < 1.29 is 36.2 Å².